The highest BCUT2D eigenvalue weighted by atomic mass is 16.5. The third-order valence-electron chi connectivity index (χ3n) is 4.41. The Kier molecular flexibility index (Phi) is 4.12. The van der Waals surface area contributed by atoms with Gasteiger partial charge in [-0.2, -0.15) is 5.26 Å². The Morgan fingerprint density at radius 2 is 1.73 bits per heavy atom. The van der Waals surface area contributed by atoms with Crippen LogP contribution in [0.3, 0.4) is 0 Å². The van der Waals surface area contributed by atoms with Crippen molar-refractivity contribution in [3.8, 4) is 22.9 Å². The summed E-state index contributed by atoms with van der Waals surface area (Å²) in [5, 5.41) is 9.79. The van der Waals surface area contributed by atoms with Crippen molar-refractivity contribution in [1.29, 1.82) is 5.26 Å². The van der Waals surface area contributed by atoms with Crippen LogP contribution >= 0.6 is 0 Å². The molecule has 4 aromatic rings. The van der Waals surface area contributed by atoms with Gasteiger partial charge in [0.05, 0.1) is 22.9 Å². The van der Waals surface area contributed by atoms with Gasteiger partial charge in [0.2, 0.25) is 0 Å². The van der Waals surface area contributed by atoms with Gasteiger partial charge in [-0.25, -0.2) is 4.98 Å². The van der Waals surface area contributed by atoms with E-state index in [4.69, 9.17) is 4.74 Å². The number of ether oxygens (including phenoxy) is 1. The van der Waals surface area contributed by atoms with Crippen molar-refractivity contribution in [1.82, 2.24) is 9.55 Å². The lowest BCUT2D eigenvalue weighted by molar-refractivity contribution is 0.307. The molecule has 0 saturated carbocycles. The first kappa shape index (κ1) is 15.9. The summed E-state index contributed by atoms with van der Waals surface area (Å²) in [5.41, 5.74) is 5.12. The van der Waals surface area contributed by atoms with Crippen molar-refractivity contribution < 1.29 is 4.74 Å². The van der Waals surface area contributed by atoms with Crippen LogP contribution in [0.4, 0.5) is 0 Å². The van der Waals surface area contributed by atoms with Crippen LogP contribution < -0.4 is 4.74 Å². The number of imidazole rings is 1. The fourth-order valence-corrected chi connectivity index (χ4v) is 3.14. The molecule has 1 aromatic heterocycles. The van der Waals surface area contributed by atoms with Crippen molar-refractivity contribution in [3.63, 3.8) is 0 Å². The topological polar surface area (TPSA) is 50.8 Å². The quantitative estimate of drug-likeness (QED) is 0.542. The first-order valence-electron chi connectivity index (χ1n) is 8.38. The van der Waals surface area contributed by atoms with Gasteiger partial charge in [-0.1, -0.05) is 54.6 Å². The molecule has 0 bridgehead atoms. The lowest BCUT2D eigenvalue weighted by atomic mass is 9.98. The normalized spacial score (nSPS) is 10.6. The number of nitriles is 1. The van der Waals surface area contributed by atoms with E-state index in [1.54, 1.807) is 6.33 Å². The van der Waals surface area contributed by atoms with Gasteiger partial charge in [0, 0.05) is 18.2 Å². The highest BCUT2D eigenvalue weighted by Crippen LogP contribution is 2.35. The number of rotatable bonds is 4. The number of aromatic nitrogens is 2. The molecule has 0 aliphatic rings. The van der Waals surface area contributed by atoms with Crippen LogP contribution in [0.15, 0.2) is 73.1 Å². The van der Waals surface area contributed by atoms with E-state index in [-0.39, 0.29) is 0 Å². The van der Waals surface area contributed by atoms with Gasteiger partial charge >= 0.3 is 0 Å². The SMILES string of the molecule is Cn1cnc2ccc(-c3ccccc3OCc3ccccc3)c(C#N)c21. The Morgan fingerprint density at radius 3 is 2.54 bits per heavy atom. The number of nitrogens with zero attached hydrogens (tertiary/aromatic N) is 3. The molecule has 0 amide bonds. The van der Waals surface area contributed by atoms with Gasteiger partial charge in [-0.15, -0.1) is 0 Å². The second-order valence-electron chi connectivity index (χ2n) is 6.09. The Bertz CT molecular complexity index is 1110. The van der Waals surface area contributed by atoms with Crippen LogP contribution in [0, 0.1) is 11.3 Å². The van der Waals surface area contributed by atoms with E-state index >= 15 is 0 Å². The molecular weight excluding hydrogens is 322 g/mol. The van der Waals surface area contributed by atoms with Crippen molar-refractivity contribution >= 4 is 11.0 Å². The van der Waals surface area contributed by atoms with Crippen molar-refractivity contribution in [2.75, 3.05) is 0 Å². The number of hydrogen-bond donors (Lipinski definition) is 0. The van der Waals surface area contributed by atoms with Gasteiger partial charge in [0.15, 0.2) is 0 Å². The molecule has 0 atom stereocenters. The molecule has 0 spiro atoms. The summed E-state index contributed by atoms with van der Waals surface area (Å²) in [6, 6.07) is 24.1. The summed E-state index contributed by atoms with van der Waals surface area (Å²) in [7, 11) is 1.90. The molecule has 0 aliphatic carbocycles. The summed E-state index contributed by atoms with van der Waals surface area (Å²) >= 11 is 0. The van der Waals surface area contributed by atoms with Crippen molar-refractivity contribution in [2.24, 2.45) is 7.05 Å². The summed E-state index contributed by atoms with van der Waals surface area (Å²) < 4.78 is 7.95. The summed E-state index contributed by atoms with van der Waals surface area (Å²) in [4.78, 5) is 4.34. The van der Waals surface area contributed by atoms with Crippen LogP contribution in [-0.4, -0.2) is 9.55 Å². The molecule has 0 unspecified atom stereocenters. The number of hydrogen-bond acceptors (Lipinski definition) is 3. The number of benzene rings is 3. The molecule has 0 aliphatic heterocycles. The van der Waals surface area contributed by atoms with E-state index in [0.29, 0.717) is 12.2 Å². The van der Waals surface area contributed by atoms with Gasteiger partial charge in [0.25, 0.3) is 0 Å². The maximum absolute atomic E-state index is 9.79. The molecule has 3 aromatic carbocycles. The van der Waals surface area contributed by atoms with E-state index in [2.05, 4.69) is 11.1 Å². The minimum Gasteiger partial charge on any atom is -0.488 e. The second-order valence-corrected chi connectivity index (χ2v) is 6.09. The molecule has 0 N–H and O–H groups in total. The molecule has 4 nitrogen and oxygen atoms in total. The fraction of sp³-hybridized carbons (Fsp3) is 0.0909. The molecule has 26 heavy (non-hydrogen) atoms. The van der Waals surface area contributed by atoms with Crippen LogP contribution in [0.1, 0.15) is 11.1 Å². The van der Waals surface area contributed by atoms with Gasteiger partial charge < -0.3 is 9.30 Å². The van der Waals surface area contributed by atoms with E-state index in [1.165, 1.54) is 0 Å². The van der Waals surface area contributed by atoms with Gasteiger partial charge in [0.1, 0.15) is 18.4 Å². The van der Waals surface area contributed by atoms with Crippen LogP contribution in [0.25, 0.3) is 22.2 Å². The molecule has 4 rings (SSSR count). The smallest absolute Gasteiger partial charge is 0.127 e. The summed E-state index contributed by atoms with van der Waals surface area (Å²) in [5.74, 6) is 0.759. The Balaban J connectivity index is 1.78. The molecule has 1 heterocycles. The predicted octanol–water partition coefficient (Wildman–Crippen LogP) is 4.69. The number of aryl methyl sites for hydroxylation is 1. The minimum atomic E-state index is 0.480. The monoisotopic (exact) mass is 339 g/mol. The zero-order valence-corrected chi connectivity index (χ0v) is 14.4. The summed E-state index contributed by atoms with van der Waals surface area (Å²) in [6.07, 6.45) is 1.73. The van der Waals surface area contributed by atoms with Crippen LogP contribution in [0.2, 0.25) is 0 Å². The minimum absolute atomic E-state index is 0.480. The van der Waals surface area contributed by atoms with Crippen molar-refractivity contribution in [2.45, 2.75) is 6.61 Å². The largest absolute Gasteiger partial charge is 0.488 e. The molecule has 0 radical (unpaired) electrons. The van der Waals surface area contributed by atoms with Crippen molar-refractivity contribution in [3.05, 3.63) is 84.2 Å². The predicted molar refractivity (Wildman–Crippen MR) is 102 cm³/mol. The van der Waals surface area contributed by atoms with Gasteiger partial charge in [-0.3, -0.25) is 0 Å². The van der Waals surface area contributed by atoms with Gasteiger partial charge in [-0.05, 0) is 17.7 Å². The average Bonchev–Trinajstić information content (AvgIpc) is 3.08. The highest BCUT2D eigenvalue weighted by molar-refractivity contribution is 5.91. The second kappa shape index (κ2) is 6.73. The Labute approximate surface area is 151 Å². The molecule has 0 fully saturated rings. The molecule has 4 heteroatoms. The lowest BCUT2D eigenvalue weighted by Gasteiger charge is -2.13. The Morgan fingerprint density at radius 1 is 0.962 bits per heavy atom. The van der Waals surface area contributed by atoms with E-state index in [9.17, 15) is 5.26 Å². The zero-order chi connectivity index (χ0) is 17.9. The van der Waals surface area contributed by atoms with E-state index in [0.717, 1.165) is 33.5 Å². The third kappa shape index (κ3) is 2.80. The van der Waals surface area contributed by atoms with Crippen LogP contribution in [0.5, 0.6) is 5.75 Å². The maximum atomic E-state index is 9.79. The lowest BCUT2D eigenvalue weighted by Crippen LogP contribution is -1.98. The van der Waals surface area contributed by atoms with E-state index < -0.39 is 0 Å². The first-order valence-corrected chi connectivity index (χ1v) is 8.38. The fourth-order valence-electron chi connectivity index (χ4n) is 3.14. The number of para-hydroxylation sites is 1. The number of fused-ring (bicyclic) bond motifs is 1. The standard InChI is InChI=1S/C22H17N3O/c1-25-15-24-20-12-11-17(19(13-23)22(20)25)18-9-5-6-10-21(18)26-14-16-7-3-2-4-8-16/h2-12,15H,14H2,1H3. The molecular formula is C22H17N3O. The Hall–Kier alpha value is -3.58. The molecule has 0 saturated heterocycles. The average molecular weight is 339 g/mol. The molecule has 126 valence electrons. The third-order valence-corrected chi connectivity index (χ3v) is 4.41. The highest BCUT2D eigenvalue weighted by Gasteiger charge is 2.15. The van der Waals surface area contributed by atoms with Crippen LogP contribution in [-0.2, 0) is 13.7 Å². The zero-order valence-electron chi connectivity index (χ0n) is 14.4. The van der Waals surface area contributed by atoms with E-state index in [1.807, 2.05) is 78.3 Å². The summed E-state index contributed by atoms with van der Waals surface area (Å²) in [6.45, 7) is 0.480. The first-order chi connectivity index (χ1) is 12.8. The maximum Gasteiger partial charge on any atom is 0.127 e.